The van der Waals surface area contributed by atoms with Gasteiger partial charge in [0.25, 0.3) is 0 Å². The molecule has 0 aliphatic carbocycles. The summed E-state index contributed by atoms with van der Waals surface area (Å²) in [6.45, 7) is 0. The first-order valence-corrected chi connectivity index (χ1v) is 8.50. The van der Waals surface area contributed by atoms with Crippen molar-refractivity contribution >= 4 is 28.1 Å². The van der Waals surface area contributed by atoms with Crippen LogP contribution >= 0.6 is 11.6 Å². The van der Waals surface area contributed by atoms with E-state index < -0.39 is 10.8 Å². The maximum Gasteiger partial charge on any atom is 0.0877 e. The van der Waals surface area contributed by atoms with Gasteiger partial charge in [0.15, 0.2) is 0 Å². The van der Waals surface area contributed by atoms with E-state index >= 15 is 0 Å². The van der Waals surface area contributed by atoms with E-state index in [-0.39, 0.29) is 0 Å². The molecule has 1 aromatic carbocycles. The summed E-state index contributed by atoms with van der Waals surface area (Å²) < 4.78 is 13.2. The third kappa shape index (κ3) is 3.04. The molecule has 0 saturated carbocycles. The van der Waals surface area contributed by atoms with Gasteiger partial charge in [-0.15, -0.1) is 0 Å². The van der Waals surface area contributed by atoms with E-state index in [1.807, 2.05) is 35.1 Å². The van der Waals surface area contributed by atoms with Crippen LogP contribution in [-0.4, -0.2) is 31.5 Å². The van der Waals surface area contributed by atoms with E-state index in [2.05, 4.69) is 10.4 Å². The molecular weight excluding hydrogens is 294 g/mol. The van der Waals surface area contributed by atoms with Crippen molar-refractivity contribution in [3.63, 3.8) is 0 Å². The summed E-state index contributed by atoms with van der Waals surface area (Å²) in [6, 6.07) is 7.98. The molecular formula is C14H16ClN3OS. The van der Waals surface area contributed by atoms with Gasteiger partial charge >= 0.3 is 0 Å². The second kappa shape index (κ2) is 5.97. The minimum absolute atomic E-state index is 0.348. The van der Waals surface area contributed by atoms with Crippen LogP contribution in [0.25, 0.3) is 5.69 Å². The molecule has 0 bridgehead atoms. The maximum atomic E-state index is 11.4. The van der Waals surface area contributed by atoms with Gasteiger partial charge in [0, 0.05) is 45.8 Å². The molecule has 4 nitrogen and oxygen atoms in total. The number of rotatable bonds is 3. The van der Waals surface area contributed by atoms with Gasteiger partial charge in [-0.25, -0.2) is 4.68 Å². The molecule has 1 N–H and O–H groups in total. The topological polar surface area (TPSA) is 46.9 Å². The molecule has 1 aromatic heterocycles. The molecule has 1 saturated heterocycles. The van der Waals surface area contributed by atoms with Crippen molar-refractivity contribution in [2.24, 2.45) is 0 Å². The fourth-order valence-electron chi connectivity index (χ4n) is 2.39. The molecule has 0 unspecified atom stereocenters. The Kier molecular flexibility index (Phi) is 4.08. The normalized spacial score (nSPS) is 22.6. The first-order valence-electron chi connectivity index (χ1n) is 6.63. The number of nitrogens with one attached hydrogen (secondary N) is 1. The summed E-state index contributed by atoms with van der Waals surface area (Å²) in [4.78, 5) is 0. The molecule has 0 spiro atoms. The number of nitrogens with zero attached hydrogens (tertiary/aromatic N) is 2. The second-order valence-electron chi connectivity index (χ2n) is 4.88. The number of aromatic nitrogens is 2. The molecule has 6 heteroatoms. The van der Waals surface area contributed by atoms with E-state index in [1.54, 1.807) is 6.20 Å². The first-order chi connectivity index (χ1) is 9.72. The molecule has 3 rings (SSSR count). The van der Waals surface area contributed by atoms with E-state index in [4.69, 9.17) is 11.6 Å². The predicted molar refractivity (Wildman–Crippen MR) is 83.1 cm³/mol. The van der Waals surface area contributed by atoms with Crippen molar-refractivity contribution < 1.29 is 4.21 Å². The van der Waals surface area contributed by atoms with Crippen LogP contribution in [0, 0.1) is 0 Å². The maximum absolute atomic E-state index is 11.4. The van der Waals surface area contributed by atoms with Crippen LogP contribution in [0.5, 0.6) is 0 Å². The summed E-state index contributed by atoms with van der Waals surface area (Å²) in [5, 5.41) is 8.48. The quantitative estimate of drug-likeness (QED) is 0.948. The van der Waals surface area contributed by atoms with Crippen LogP contribution in [0.2, 0.25) is 5.02 Å². The van der Waals surface area contributed by atoms with Crippen molar-refractivity contribution in [3.05, 3.63) is 41.7 Å². The van der Waals surface area contributed by atoms with Gasteiger partial charge in [-0.05, 0) is 37.1 Å². The van der Waals surface area contributed by atoms with Crippen molar-refractivity contribution in [3.8, 4) is 5.69 Å². The highest BCUT2D eigenvalue weighted by Crippen LogP contribution is 2.26. The number of hydrogen-bond donors (Lipinski definition) is 1. The van der Waals surface area contributed by atoms with Gasteiger partial charge in [0.2, 0.25) is 0 Å². The van der Waals surface area contributed by atoms with Gasteiger partial charge in [0.05, 0.1) is 11.4 Å². The Balaban J connectivity index is 1.84. The molecule has 0 radical (unpaired) electrons. The Morgan fingerprint density at radius 2 is 2.15 bits per heavy atom. The number of anilines is 1. The summed E-state index contributed by atoms with van der Waals surface area (Å²) in [5.41, 5.74) is 1.95. The fraction of sp³-hybridized carbons (Fsp3) is 0.357. The average molecular weight is 310 g/mol. The lowest BCUT2D eigenvalue weighted by molar-refractivity contribution is 0.623. The van der Waals surface area contributed by atoms with Gasteiger partial charge < -0.3 is 5.32 Å². The third-order valence-electron chi connectivity index (χ3n) is 3.46. The lowest BCUT2D eigenvalue weighted by Gasteiger charge is -2.25. The van der Waals surface area contributed by atoms with E-state index in [0.29, 0.717) is 11.1 Å². The summed E-state index contributed by atoms with van der Waals surface area (Å²) in [5.74, 6) is 1.55. The lowest BCUT2D eigenvalue weighted by Crippen LogP contribution is -2.29. The standard InChI is InChI=1S/C14H16ClN3OS/c15-11-2-3-14(18-7-1-6-16-18)13(10-11)17-12-4-8-20(19)9-5-12/h1-3,6-7,10,12,17H,4-5,8-9H2. The molecule has 106 valence electrons. The Morgan fingerprint density at radius 1 is 1.35 bits per heavy atom. The highest BCUT2D eigenvalue weighted by molar-refractivity contribution is 7.85. The minimum atomic E-state index is -0.642. The molecule has 2 heterocycles. The largest absolute Gasteiger partial charge is 0.380 e. The molecule has 20 heavy (non-hydrogen) atoms. The van der Waals surface area contributed by atoms with Crippen molar-refractivity contribution in [2.75, 3.05) is 16.8 Å². The molecule has 0 atom stereocenters. The zero-order valence-electron chi connectivity index (χ0n) is 11.0. The minimum Gasteiger partial charge on any atom is -0.380 e. The smallest absolute Gasteiger partial charge is 0.0877 e. The highest BCUT2D eigenvalue weighted by atomic mass is 35.5. The number of benzene rings is 1. The van der Waals surface area contributed by atoms with Crippen LogP contribution in [0.15, 0.2) is 36.7 Å². The van der Waals surface area contributed by atoms with E-state index in [1.165, 1.54) is 0 Å². The van der Waals surface area contributed by atoms with E-state index in [0.717, 1.165) is 35.7 Å². The Hall–Kier alpha value is -1.33. The van der Waals surface area contributed by atoms with Gasteiger partial charge in [0.1, 0.15) is 0 Å². The molecule has 1 fully saturated rings. The van der Waals surface area contributed by atoms with Crippen LogP contribution < -0.4 is 5.32 Å². The van der Waals surface area contributed by atoms with Crippen LogP contribution in [-0.2, 0) is 10.8 Å². The van der Waals surface area contributed by atoms with Crippen LogP contribution in [0.1, 0.15) is 12.8 Å². The van der Waals surface area contributed by atoms with Crippen LogP contribution in [0.4, 0.5) is 5.69 Å². The lowest BCUT2D eigenvalue weighted by atomic mass is 10.1. The zero-order valence-corrected chi connectivity index (χ0v) is 12.5. The van der Waals surface area contributed by atoms with E-state index in [9.17, 15) is 4.21 Å². The summed E-state index contributed by atoms with van der Waals surface area (Å²) in [6.07, 6.45) is 5.52. The molecule has 1 aliphatic heterocycles. The van der Waals surface area contributed by atoms with Gasteiger partial charge in [-0.2, -0.15) is 5.10 Å². The van der Waals surface area contributed by atoms with Crippen molar-refractivity contribution in [2.45, 2.75) is 18.9 Å². The van der Waals surface area contributed by atoms with Gasteiger partial charge in [-0.1, -0.05) is 11.6 Å². The Labute approximate surface area is 125 Å². The monoisotopic (exact) mass is 309 g/mol. The van der Waals surface area contributed by atoms with Crippen molar-refractivity contribution in [1.29, 1.82) is 0 Å². The SMILES string of the molecule is O=S1CCC(Nc2cc(Cl)ccc2-n2cccn2)CC1. The third-order valence-corrected chi connectivity index (χ3v) is 5.07. The highest BCUT2D eigenvalue weighted by Gasteiger charge is 2.19. The van der Waals surface area contributed by atoms with Crippen molar-refractivity contribution in [1.82, 2.24) is 9.78 Å². The number of halogens is 1. The Morgan fingerprint density at radius 3 is 2.85 bits per heavy atom. The molecule has 2 aromatic rings. The zero-order chi connectivity index (χ0) is 13.9. The van der Waals surface area contributed by atoms with Crippen LogP contribution in [0.3, 0.4) is 0 Å². The average Bonchev–Trinajstić information content (AvgIpc) is 2.95. The molecule has 1 aliphatic rings. The summed E-state index contributed by atoms with van der Waals surface area (Å²) in [7, 11) is -0.642. The first kappa shape index (κ1) is 13.6. The summed E-state index contributed by atoms with van der Waals surface area (Å²) >= 11 is 6.10. The second-order valence-corrected chi connectivity index (χ2v) is 7.01. The fourth-order valence-corrected chi connectivity index (χ4v) is 3.86. The predicted octanol–water partition coefficient (Wildman–Crippen LogP) is 2.85. The Bertz CT molecular complexity index is 605. The number of hydrogen-bond acceptors (Lipinski definition) is 3. The molecule has 0 amide bonds. The van der Waals surface area contributed by atoms with Gasteiger partial charge in [-0.3, -0.25) is 4.21 Å².